The number of benzene rings is 1. The van der Waals surface area contributed by atoms with Crippen molar-refractivity contribution in [1.29, 1.82) is 0 Å². The number of rotatable bonds is 7. The number of hydrogen-bond acceptors (Lipinski definition) is 2. The van der Waals surface area contributed by atoms with E-state index in [0.717, 1.165) is 0 Å². The number of aliphatic carboxylic acids is 1. The molecule has 0 aromatic heterocycles. The van der Waals surface area contributed by atoms with E-state index in [1.807, 2.05) is 13.8 Å². The van der Waals surface area contributed by atoms with Crippen LogP contribution in [0.5, 0.6) is 0 Å². The molecule has 23 heavy (non-hydrogen) atoms. The molecule has 7 heteroatoms. The minimum absolute atomic E-state index is 0.0527. The number of carboxylic acid groups (broad SMARTS) is 1. The predicted octanol–water partition coefficient (Wildman–Crippen LogP) is 3.41. The summed E-state index contributed by atoms with van der Waals surface area (Å²) >= 11 is 0. The van der Waals surface area contributed by atoms with E-state index in [0.29, 0.717) is 0 Å². The zero-order chi connectivity index (χ0) is 17.6. The van der Waals surface area contributed by atoms with Crippen LogP contribution in [0.15, 0.2) is 24.3 Å². The average Bonchev–Trinajstić information content (AvgIpc) is 2.43. The van der Waals surface area contributed by atoms with E-state index in [4.69, 9.17) is 5.11 Å². The summed E-state index contributed by atoms with van der Waals surface area (Å²) in [5, 5.41) is 11.5. The number of carbonyl (C=O) groups is 2. The topological polar surface area (TPSA) is 66.4 Å². The number of hydrogen-bond donors (Lipinski definition) is 2. The molecule has 0 spiro atoms. The monoisotopic (exact) mass is 331 g/mol. The third-order valence-corrected chi connectivity index (χ3v) is 3.25. The molecule has 2 N–H and O–H groups in total. The molecule has 4 nitrogen and oxygen atoms in total. The van der Waals surface area contributed by atoms with Gasteiger partial charge in [-0.25, -0.2) is 4.79 Å². The predicted molar refractivity (Wildman–Crippen MR) is 79.2 cm³/mol. The van der Waals surface area contributed by atoms with E-state index in [1.54, 1.807) is 6.07 Å². The van der Waals surface area contributed by atoms with E-state index in [-0.39, 0.29) is 29.9 Å². The van der Waals surface area contributed by atoms with Crippen molar-refractivity contribution < 1.29 is 27.9 Å². The second-order valence-corrected chi connectivity index (χ2v) is 5.77. The van der Waals surface area contributed by atoms with Crippen LogP contribution in [0.4, 0.5) is 13.2 Å². The van der Waals surface area contributed by atoms with Crippen molar-refractivity contribution in [2.24, 2.45) is 5.92 Å². The maximum Gasteiger partial charge on any atom is 0.389 e. The van der Waals surface area contributed by atoms with Crippen LogP contribution in [-0.2, 0) is 11.2 Å². The lowest BCUT2D eigenvalue weighted by atomic mass is 10.00. The number of carboxylic acids is 1. The molecule has 0 bridgehead atoms. The average molecular weight is 331 g/mol. The highest BCUT2D eigenvalue weighted by atomic mass is 19.4. The van der Waals surface area contributed by atoms with Crippen molar-refractivity contribution in [1.82, 2.24) is 5.32 Å². The molecule has 0 aliphatic carbocycles. The van der Waals surface area contributed by atoms with Gasteiger partial charge in [-0.2, -0.15) is 13.2 Å². The van der Waals surface area contributed by atoms with Crippen molar-refractivity contribution in [3.8, 4) is 0 Å². The van der Waals surface area contributed by atoms with Crippen molar-refractivity contribution in [2.75, 3.05) is 0 Å². The summed E-state index contributed by atoms with van der Waals surface area (Å²) < 4.78 is 37.1. The Hall–Kier alpha value is -2.05. The van der Waals surface area contributed by atoms with Crippen LogP contribution in [0.1, 0.15) is 42.6 Å². The maximum absolute atomic E-state index is 12.4. The first kappa shape index (κ1) is 19.0. The SMILES string of the molecule is CC(C)C[C@@H](NC(=O)c1ccccc1CCC(F)(F)F)C(=O)O. The van der Waals surface area contributed by atoms with Crippen molar-refractivity contribution in [2.45, 2.75) is 45.3 Å². The molecule has 0 radical (unpaired) electrons. The fourth-order valence-corrected chi connectivity index (χ4v) is 2.17. The Bertz CT molecular complexity index is 556. The standard InChI is InChI=1S/C16H20F3NO3/c1-10(2)9-13(15(22)23)20-14(21)12-6-4-3-5-11(12)7-8-16(17,18)19/h3-6,10,13H,7-9H2,1-2H3,(H,20,21)(H,22,23)/t13-/m1/s1. The number of nitrogens with one attached hydrogen (secondary N) is 1. The number of aryl methyl sites for hydroxylation is 1. The Balaban J connectivity index is 2.88. The molecule has 0 unspecified atom stereocenters. The first-order valence-corrected chi connectivity index (χ1v) is 7.28. The second-order valence-electron chi connectivity index (χ2n) is 5.77. The summed E-state index contributed by atoms with van der Waals surface area (Å²) in [4.78, 5) is 23.4. The van der Waals surface area contributed by atoms with Crippen LogP contribution in [0, 0.1) is 5.92 Å². The van der Waals surface area contributed by atoms with Gasteiger partial charge in [0.05, 0.1) is 0 Å². The lowest BCUT2D eigenvalue weighted by molar-refractivity contribution is -0.139. The van der Waals surface area contributed by atoms with E-state index in [1.165, 1.54) is 18.2 Å². The normalized spacial score (nSPS) is 13.0. The van der Waals surface area contributed by atoms with Gasteiger partial charge in [0.25, 0.3) is 5.91 Å². The minimum atomic E-state index is -4.31. The van der Waals surface area contributed by atoms with Crippen LogP contribution in [-0.4, -0.2) is 29.2 Å². The quantitative estimate of drug-likeness (QED) is 0.804. The van der Waals surface area contributed by atoms with Gasteiger partial charge >= 0.3 is 12.1 Å². The molecular formula is C16H20F3NO3. The highest BCUT2D eigenvalue weighted by molar-refractivity contribution is 5.97. The van der Waals surface area contributed by atoms with Gasteiger partial charge in [-0.1, -0.05) is 32.0 Å². The maximum atomic E-state index is 12.4. The van der Waals surface area contributed by atoms with Gasteiger partial charge in [0.1, 0.15) is 6.04 Å². The summed E-state index contributed by atoms with van der Waals surface area (Å²) in [6.45, 7) is 3.64. The van der Waals surface area contributed by atoms with E-state index in [2.05, 4.69) is 5.32 Å². The molecule has 0 saturated carbocycles. The summed E-state index contributed by atoms with van der Waals surface area (Å²) in [6.07, 6.45) is -5.43. The second kappa shape index (κ2) is 7.99. The number of alkyl halides is 3. The van der Waals surface area contributed by atoms with Crippen molar-refractivity contribution in [3.63, 3.8) is 0 Å². The smallest absolute Gasteiger partial charge is 0.389 e. The third-order valence-electron chi connectivity index (χ3n) is 3.25. The zero-order valence-electron chi connectivity index (χ0n) is 13.0. The number of carbonyl (C=O) groups excluding carboxylic acids is 1. The highest BCUT2D eigenvalue weighted by Gasteiger charge is 2.28. The molecule has 0 aliphatic heterocycles. The van der Waals surface area contributed by atoms with Crippen LogP contribution in [0.2, 0.25) is 0 Å². The molecule has 128 valence electrons. The summed E-state index contributed by atoms with van der Waals surface area (Å²) in [5.41, 5.74) is 0.322. The molecule has 0 heterocycles. The van der Waals surface area contributed by atoms with Crippen LogP contribution in [0.25, 0.3) is 0 Å². The van der Waals surface area contributed by atoms with Gasteiger partial charge in [0.15, 0.2) is 0 Å². The summed E-state index contributed by atoms with van der Waals surface area (Å²) in [6, 6.07) is 4.85. The van der Waals surface area contributed by atoms with Crippen LogP contribution in [0.3, 0.4) is 0 Å². The first-order chi connectivity index (χ1) is 10.6. The van der Waals surface area contributed by atoms with Crippen LogP contribution >= 0.6 is 0 Å². The molecule has 1 atom stereocenters. The van der Waals surface area contributed by atoms with Crippen molar-refractivity contribution >= 4 is 11.9 Å². The molecule has 1 amide bonds. The molecule has 1 rings (SSSR count). The molecule has 0 fully saturated rings. The Morgan fingerprint density at radius 1 is 1.22 bits per heavy atom. The van der Waals surface area contributed by atoms with E-state index in [9.17, 15) is 22.8 Å². The van der Waals surface area contributed by atoms with Gasteiger partial charge in [0.2, 0.25) is 0 Å². The Morgan fingerprint density at radius 3 is 2.35 bits per heavy atom. The highest BCUT2D eigenvalue weighted by Crippen LogP contribution is 2.23. The Kier molecular flexibility index (Phi) is 6.60. The van der Waals surface area contributed by atoms with E-state index < -0.39 is 30.5 Å². The fourth-order valence-electron chi connectivity index (χ4n) is 2.17. The number of amides is 1. The van der Waals surface area contributed by atoms with Gasteiger partial charge in [-0.05, 0) is 30.4 Å². The fraction of sp³-hybridized carbons (Fsp3) is 0.500. The molecule has 0 aliphatic rings. The first-order valence-electron chi connectivity index (χ1n) is 7.28. The zero-order valence-corrected chi connectivity index (χ0v) is 13.0. The van der Waals surface area contributed by atoms with E-state index >= 15 is 0 Å². The largest absolute Gasteiger partial charge is 0.480 e. The number of halogens is 3. The van der Waals surface area contributed by atoms with Gasteiger partial charge < -0.3 is 10.4 Å². The Morgan fingerprint density at radius 2 is 1.83 bits per heavy atom. The summed E-state index contributed by atoms with van der Waals surface area (Å²) in [7, 11) is 0. The van der Waals surface area contributed by atoms with Gasteiger partial charge in [-0.15, -0.1) is 0 Å². The Labute approximate surface area is 132 Å². The molecule has 1 aromatic rings. The lowest BCUT2D eigenvalue weighted by Crippen LogP contribution is -2.42. The minimum Gasteiger partial charge on any atom is -0.480 e. The lowest BCUT2D eigenvalue weighted by Gasteiger charge is -2.18. The molecule has 1 aromatic carbocycles. The third kappa shape index (κ3) is 6.71. The van der Waals surface area contributed by atoms with Gasteiger partial charge in [0, 0.05) is 12.0 Å². The molecule has 0 saturated heterocycles. The molecular weight excluding hydrogens is 311 g/mol. The van der Waals surface area contributed by atoms with Crippen LogP contribution < -0.4 is 5.32 Å². The van der Waals surface area contributed by atoms with Gasteiger partial charge in [-0.3, -0.25) is 4.79 Å². The van der Waals surface area contributed by atoms with Crippen molar-refractivity contribution in [3.05, 3.63) is 35.4 Å². The summed E-state index contributed by atoms with van der Waals surface area (Å²) in [5.74, 6) is -1.78.